The number of aromatic nitrogens is 2. The summed E-state index contributed by atoms with van der Waals surface area (Å²) in [4.78, 5) is 8.27. The van der Waals surface area contributed by atoms with Gasteiger partial charge in [-0.3, -0.25) is 0 Å². The molecule has 5 N–H and O–H groups in total. The van der Waals surface area contributed by atoms with Crippen LogP contribution in [0.25, 0.3) is 0 Å². The second-order valence-corrected chi connectivity index (χ2v) is 4.43. The molecule has 1 aliphatic heterocycles. The molecule has 0 aromatic carbocycles. The van der Waals surface area contributed by atoms with E-state index in [-0.39, 0.29) is 5.95 Å². The Morgan fingerprint density at radius 1 is 1.20 bits per heavy atom. The maximum absolute atomic E-state index is 5.91. The Morgan fingerprint density at radius 3 is 2.93 bits per heavy atom. The maximum atomic E-state index is 5.91. The molecule has 2 bridgehead atoms. The number of anilines is 3. The molecule has 1 fully saturated rings. The van der Waals surface area contributed by atoms with Crippen LogP contribution in [0.5, 0.6) is 0 Å². The van der Waals surface area contributed by atoms with Gasteiger partial charge in [0.05, 0.1) is 0 Å². The summed E-state index contributed by atoms with van der Waals surface area (Å²) in [5.74, 6) is 2.20. The Hall–Kier alpha value is -1.52. The van der Waals surface area contributed by atoms with Gasteiger partial charge in [-0.2, -0.15) is 9.97 Å². The predicted octanol–water partition coefficient (Wildman–Crippen LogP) is 1.09. The van der Waals surface area contributed by atoms with Crippen molar-refractivity contribution in [2.45, 2.75) is 37.6 Å². The van der Waals surface area contributed by atoms with Crippen LogP contribution in [0.1, 0.15) is 37.2 Å². The van der Waals surface area contributed by atoms with Crippen molar-refractivity contribution < 1.29 is 0 Å². The van der Waals surface area contributed by atoms with E-state index in [1.54, 1.807) is 0 Å². The van der Waals surface area contributed by atoms with Gasteiger partial charge in [-0.25, -0.2) is 0 Å². The van der Waals surface area contributed by atoms with Crippen LogP contribution in [-0.4, -0.2) is 16.0 Å². The van der Waals surface area contributed by atoms with E-state index in [9.17, 15) is 0 Å². The fourth-order valence-electron chi connectivity index (χ4n) is 2.79. The Bertz CT molecular complexity index is 403. The highest BCUT2D eigenvalue weighted by Gasteiger charge is 2.33. The topological polar surface area (TPSA) is 89.8 Å². The molecule has 5 heteroatoms. The summed E-state index contributed by atoms with van der Waals surface area (Å²) >= 11 is 0. The van der Waals surface area contributed by atoms with Gasteiger partial charge >= 0.3 is 0 Å². The van der Waals surface area contributed by atoms with Crippen molar-refractivity contribution in [3.05, 3.63) is 5.56 Å². The zero-order chi connectivity index (χ0) is 10.4. The summed E-state index contributed by atoms with van der Waals surface area (Å²) < 4.78 is 0. The normalized spacial score (nSPS) is 28.0. The van der Waals surface area contributed by atoms with Gasteiger partial charge in [0.15, 0.2) is 0 Å². The van der Waals surface area contributed by atoms with Gasteiger partial charge in [-0.15, -0.1) is 0 Å². The second-order valence-electron chi connectivity index (χ2n) is 4.43. The summed E-state index contributed by atoms with van der Waals surface area (Å²) in [6, 6.07) is 0.546. The quantitative estimate of drug-likeness (QED) is 0.590. The molecule has 1 aromatic rings. The first kappa shape index (κ1) is 8.76. The van der Waals surface area contributed by atoms with Crippen molar-refractivity contribution in [3.63, 3.8) is 0 Å². The Morgan fingerprint density at radius 2 is 2.07 bits per heavy atom. The largest absolute Gasteiger partial charge is 0.383 e. The summed E-state index contributed by atoms with van der Waals surface area (Å²) in [6.07, 6.45) is 4.83. The summed E-state index contributed by atoms with van der Waals surface area (Å²) in [5.41, 5.74) is 12.6. The van der Waals surface area contributed by atoms with Crippen LogP contribution in [0.3, 0.4) is 0 Å². The molecule has 0 saturated heterocycles. The number of nitrogen functional groups attached to an aromatic ring is 2. The SMILES string of the molecule is Nc1nc(N)c2c(n1)N[C@H]1CCC[C@@H]2C1. The van der Waals surface area contributed by atoms with E-state index in [0.29, 0.717) is 17.8 Å². The molecule has 3 rings (SSSR count). The molecule has 0 unspecified atom stereocenters. The smallest absolute Gasteiger partial charge is 0.223 e. The van der Waals surface area contributed by atoms with Crippen molar-refractivity contribution >= 4 is 17.6 Å². The summed E-state index contributed by atoms with van der Waals surface area (Å²) in [6.45, 7) is 0. The van der Waals surface area contributed by atoms with Gasteiger partial charge in [0.1, 0.15) is 11.6 Å². The number of nitrogens with zero attached hydrogens (tertiary/aromatic N) is 2. The highest BCUT2D eigenvalue weighted by molar-refractivity contribution is 5.62. The predicted molar refractivity (Wildman–Crippen MR) is 59.5 cm³/mol. The molecule has 2 atom stereocenters. The van der Waals surface area contributed by atoms with E-state index in [1.807, 2.05) is 0 Å². The fourth-order valence-corrected chi connectivity index (χ4v) is 2.79. The third-order valence-electron chi connectivity index (χ3n) is 3.42. The standard InChI is InChI=1S/C10H15N5/c11-8-7-5-2-1-3-6(4-5)13-9(7)15-10(12)14-8/h5-6H,1-4H2,(H5,11,12,13,14,15)/t5-,6+/m1/s1. The van der Waals surface area contributed by atoms with Gasteiger partial charge in [0, 0.05) is 11.6 Å². The number of nitrogens with one attached hydrogen (secondary N) is 1. The van der Waals surface area contributed by atoms with E-state index in [1.165, 1.54) is 19.3 Å². The molecule has 5 nitrogen and oxygen atoms in total. The fraction of sp³-hybridized carbons (Fsp3) is 0.600. The summed E-state index contributed by atoms with van der Waals surface area (Å²) in [7, 11) is 0. The average molecular weight is 205 g/mol. The van der Waals surface area contributed by atoms with Crippen LogP contribution in [0.4, 0.5) is 17.6 Å². The lowest BCUT2D eigenvalue weighted by atomic mass is 9.79. The molecule has 1 aromatic heterocycles. The Kier molecular flexibility index (Phi) is 1.74. The Balaban J connectivity index is 2.12. The molecule has 1 saturated carbocycles. The number of nitrogens with two attached hydrogens (primary N) is 2. The van der Waals surface area contributed by atoms with Crippen LogP contribution in [0, 0.1) is 0 Å². The number of rotatable bonds is 0. The van der Waals surface area contributed by atoms with Crippen molar-refractivity contribution in [3.8, 4) is 0 Å². The third-order valence-corrected chi connectivity index (χ3v) is 3.42. The molecule has 0 spiro atoms. The van der Waals surface area contributed by atoms with Gasteiger partial charge in [-0.1, -0.05) is 6.42 Å². The van der Waals surface area contributed by atoms with Crippen LogP contribution in [-0.2, 0) is 0 Å². The highest BCUT2D eigenvalue weighted by Crippen LogP contribution is 2.43. The zero-order valence-corrected chi connectivity index (χ0v) is 8.53. The van der Waals surface area contributed by atoms with E-state index >= 15 is 0 Å². The molecule has 0 radical (unpaired) electrons. The molecule has 2 aliphatic rings. The van der Waals surface area contributed by atoms with Gasteiger partial charge in [0.25, 0.3) is 0 Å². The first-order chi connectivity index (χ1) is 7.24. The lowest BCUT2D eigenvalue weighted by molar-refractivity contribution is 0.395. The summed E-state index contributed by atoms with van der Waals surface area (Å²) in [5, 5.41) is 3.40. The first-order valence-corrected chi connectivity index (χ1v) is 5.43. The minimum Gasteiger partial charge on any atom is -0.383 e. The molecular weight excluding hydrogens is 190 g/mol. The van der Waals surface area contributed by atoms with Crippen molar-refractivity contribution in [2.24, 2.45) is 0 Å². The second kappa shape index (κ2) is 2.98. The number of hydrogen-bond acceptors (Lipinski definition) is 5. The van der Waals surface area contributed by atoms with Crippen molar-refractivity contribution in [1.29, 1.82) is 0 Å². The third kappa shape index (κ3) is 1.30. The lowest BCUT2D eigenvalue weighted by Crippen LogP contribution is -2.33. The van der Waals surface area contributed by atoms with Gasteiger partial charge in [-0.05, 0) is 25.2 Å². The van der Waals surface area contributed by atoms with Crippen LogP contribution >= 0.6 is 0 Å². The van der Waals surface area contributed by atoms with Crippen LogP contribution in [0.2, 0.25) is 0 Å². The number of fused-ring (bicyclic) bond motifs is 4. The molecule has 0 amide bonds. The van der Waals surface area contributed by atoms with E-state index in [4.69, 9.17) is 11.5 Å². The van der Waals surface area contributed by atoms with Crippen molar-refractivity contribution in [2.75, 3.05) is 16.8 Å². The van der Waals surface area contributed by atoms with Crippen molar-refractivity contribution in [1.82, 2.24) is 9.97 Å². The molecule has 1 aliphatic carbocycles. The number of hydrogen-bond donors (Lipinski definition) is 3. The molecule has 2 heterocycles. The monoisotopic (exact) mass is 205 g/mol. The van der Waals surface area contributed by atoms with E-state index < -0.39 is 0 Å². The zero-order valence-electron chi connectivity index (χ0n) is 8.53. The first-order valence-electron chi connectivity index (χ1n) is 5.43. The average Bonchev–Trinajstić information content (AvgIpc) is 2.15. The maximum Gasteiger partial charge on any atom is 0.223 e. The van der Waals surface area contributed by atoms with E-state index in [2.05, 4.69) is 15.3 Å². The molecular formula is C10H15N5. The van der Waals surface area contributed by atoms with Crippen LogP contribution < -0.4 is 16.8 Å². The minimum atomic E-state index is 0.263. The molecule has 80 valence electrons. The van der Waals surface area contributed by atoms with Gasteiger partial charge in [0.2, 0.25) is 5.95 Å². The van der Waals surface area contributed by atoms with E-state index in [0.717, 1.165) is 17.8 Å². The van der Waals surface area contributed by atoms with Gasteiger partial charge < -0.3 is 16.8 Å². The lowest BCUT2D eigenvalue weighted by Gasteiger charge is -2.36. The minimum absolute atomic E-state index is 0.263. The Labute approximate surface area is 88.3 Å². The van der Waals surface area contributed by atoms with Crippen LogP contribution in [0.15, 0.2) is 0 Å². The molecule has 15 heavy (non-hydrogen) atoms. The highest BCUT2D eigenvalue weighted by atomic mass is 15.1.